The van der Waals surface area contributed by atoms with Gasteiger partial charge in [-0.3, -0.25) is 9.59 Å². The summed E-state index contributed by atoms with van der Waals surface area (Å²) in [6, 6.07) is 10.4. The molecule has 2 aromatic rings. The number of ether oxygens (including phenoxy) is 1. The van der Waals surface area contributed by atoms with E-state index in [0.29, 0.717) is 12.6 Å². The van der Waals surface area contributed by atoms with Crippen LogP contribution >= 0.6 is 0 Å². The molecule has 2 aromatic carbocycles. The Balaban J connectivity index is 1.40. The molecule has 0 spiro atoms. The average molecular weight is 416 g/mol. The highest BCUT2D eigenvalue weighted by molar-refractivity contribution is 5.94. The summed E-state index contributed by atoms with van der Waals surface area (Å²) in [5, 5.41) is 5.25. The molecule has 160 valence electrons. The first-order chi connectivity index (χ1) is 14.5. The van der Waals surface area contributed by atoms with Crippen molar-refractivity contribution in [1.29, 1.82) is 0 Å². The lowest BCUT2D eigenvalue weighted by Gasteiger charge is -2.23. The zero-order valence-corrected chi connectivity index (χ0v) is 16.8. The fourth-order valence-electron chi connectivity index (χ4n) is 3.45. The molecule has 0 aliphatic heterocycles. The Hall–Kier alpha value is -2.96. The second kappa shape index (κ2) is 10.7. The minimum Gasteiger partial charge on any atom is -0.490 e. The number of carbonyl (C=O) groups excluding carboxylic acids is 2. The Kier molecular flexibility index (Phi) is 7.76. The maximum atomic E-state index is 13.6. The molecule has 3 rings (SSSR count). The summed E-state index contributed by atoms with van der Waals surface area (Å²) in [5.74, 6) is -1.81. The lowest BCUT2D eigenvalue weighted by atomic mass is 9.98. The molecule has 1 aliphatic rings. The molecule has 1 saturated carbocycles. The van der Waals surface area contributed by atoms with Crippen molar-refractivity contribution in [3.8, 4) is 5.75 Å². The van der Waals surface area contributed by atoms with Gasteiger partial charge in [0.1, 0.15) is 17.4 Å². The Morgan fingerprint density at radius 1 is 1.00 bits per heavy atom. The van der Waals surface area contributed by atoms with Gasteiger partial charge in [-0.05, 0) is 55.5 Å². The number of amides is 2. The van der Waals surface area contributed by atoms with Crippen molar-refractivity contribution < 1.29 is 23.1 Å². The Labute approximate surface area is 174 Å². The molecule has 5 nitrogen and oxygen atoms in total. The van der Waals surface area contributed by atoms with E-state index in [2.05, 4.69) is 10.6 Å². The number of rotatable bonds is 8. The van der Waals surface area contributed by atoms with Gasteiger partial charge in [0.15, 0.2) is 0 Å². The molecule has 0 radical (unpaired) electrons. The first-order valence-corrected chi connectivity index (χ1v) is 10.3. The van der Waals surface area contributed by atoms with Crippen molar-refractivity contribution in [3.05, 3.63) is 65.2 Å². The SMILES string of the molecule is O=C(CCNC(=O)c1ccc(F)cc1F)NCc1cccc(OC2CCCCC2)c1. The van der Waals surface area contributed by atoms with Crippen LogP contribution in [0.1, 0.15) is 54.4 Å². The highest BCUT2D eigenvalue weighted by atomic mass is 19.1. The van der Waals surface area contributed by atoms with Gasteiger partial charge in [-0.2, -0.15) is 0 Å². The fraction of sp³-hybridized carbons (Fsp3) is 0.391. The summed E-state index contributed by atoms with van der Waals surface area (Å²) in [6.07, 6.45) is 6.13. The van der Waals surface area contributed by atoms with Crippen LogP contribution in [0.15, 0.2) is 42.5 Å². The van der Waals surface area contributed by atoms with Gasteiger partial charge in [0.05, 0.1) is 11.7 Å². The van der Waals surface area contributed by atoms with E-state index in [1.54, 1.807) is 0 Å². The summed E-state index contributed by atoms with van der Waals surface area (Å²) in [7, 11) is 0. The smallest absolute Gasteiger partial charge is 0.254 e. The van der Waals surface area contributed by atoms with Gasteiger partial charge in [-0.25, -0.2) is 8.78 Å². The molecule has 2 amide bonds. The molecular weight excluding hydrogens is 390 g/mol. The maximum absolute atomic E-state index is 13.6. The summed E-state index contributed by atoms with van der Waals surface area (Å²) in [4.78, 5) is 23.9. The van der Waals surface area contributed by atoms with Gasteiger partial charge >= 0.3 is 0 Å². The molecule has 0 aromatic heterocycles. The molecule has 0 atom stereocenters. The van der Waals surface area contributed by atoms with Crippen LogP contribution in [-0.4, -0.2) is 24.5 Å². The normalized spacial score (nSPS) is 14.2. The first-order valence-electron chi connectivity index (χ1n) is 10.3. The third-order valence-corrected chi connectivity index (χ3v) is 5.06. The third kappa shape index (κ3) is 6.54. The van der Waals surface area contributed by atoms with E-state index in [1.807, 2.05) is 24.3 Å². The van der Waals surface area contributed by atoms with Crippen LogP contribution in [-0.2, 0) is 11.3 Å². The number of nitrogens with one attached hydrogen (secondary N) is 2. The van der Waals surface area contributed by atoms with Crippen molar-refractivity contribution >= 4 is 11.8 Å². The molecule has 1 aliphatic carbocycles. The zero-order chi connectivity index (χ0) is 21.3. The predicted octanol–water partition coefficient (Wildman–Crippen LogP) is 4.11. The Bertz CT molecular complexity index is 883. The van der Waals surface area contributed by atoms with Gasteiger partial charge in [0, 0.05) is 25.6 Å². The van der Waals surface area contributed by atoms with E-state index in [0.717, 1.165) is 36.3 Å². The van der Waals surface area contributed by atoms with E-state index >= 15 is 0 Å². The van der Waals surface area contributed by atoms with Gasteiger partial charge < -0.3 is 15.4 Å². The number of halogens is 2. The van der Waals surface area contributed by atoms with Crippen LogP contribution < -0.4 is 15.4 Å². The number of hydrogen-bond acceptors (Lipinski definition) is 3. The second-order valence-electron chi connectivity index (χ2n) is 7.43. The van der Waals surface area contributed by atoms with Crippen LogP contribution in [0.5, 0.6) is 5.75 Å². The van der Waals surface area contributed by atoms with Crippen LogP contribution in [0.3, 0.4) is 0 Å². The van der Waals surface area contributed by atoms with Crippen LogP contribution in [0.2, 0.25) is 0 Å². The Morgan fingerprint density at radius 3 is 2.57 bits per heavy atom. The van der Waals surface area contributed by atoms with E-state index in [9.17, 15) is 18.4 Å². The predicted molar refractivity (Wildman–Crippen MR) is 109 cm³/mol. The standard InChI is InChI=1S/C23H26F2N2O3/c24-17-9-10-20(21(25)14-17)23(29)26-12-11-22(28)27-15-16-5-4-8-19(13-16)30-18-6-2-1-3-7-18/h4-5,8-10,13-14,18H,1-3,6-7,11-12,15H2,(H,26,29)(H,27,28). The van der Waals surface area contributed by atoms with Gasteiger partial charge in [0.25, 0.3) is 5.91 Å². The van der Waals surface area contributed by atoms with Crippen molar-refractivity contribution in [2.24, 2.45) is 0 Å². The molecule has 0 unspecified atom stereocenters. The van der Waals surface area contributed by atoms with Crippen molar-refractivity contribution in [2.75, 3.05) is 6.54 Å². The highest BCUT2D eigenvalue weighted by Gasteiger charge is 2.15. The monoisotopic (exact) mass is 416 g/mol. The van der Waals surface area contributed by atoms with Gasteiger partial charge in [-0.15, -0.1) is 0 Å². The molecule has 2 N–H and O–H groups in total. The molecule has 0 saturated heterocycles. The van der Waals surface area contributed by atoms with Crippen LogP contribution in [0.25, 0.3) is 0 Å². The molecule has 0 bridgehead atoms. The minimum absolute atomic E-state index is 0.0479. The fourth-order valence-corrected chi connectivity index (χ4v) is 3.45. The molecule has 0 heterocycles. The van der Waals surface area contributed by atoms with Crippen LogP contribution in [0, 0.1) is 11.6 Å². The number of carbonyl (C=O) groups is 2. The molecule has 30 heavy (non-hydrogen) atoms. The van der Waals surface area contributed by atoms with Gasteiger partial charge in [0.2, 0.25) is 5.91 Å². The van der Waals surface area contributed by atoms with Crippen molar-refractivity contribution in [1.82, 2.24) is 10.6 Å². The first kappa shape index (κ1) is 21.7. The largest absolute Gasteiger partial charge is 0.490 e. The quantitative estimate of drug-likeness (QED) is 0.681. The average Bonchev–Trinajstić information content (AvgIpc) is 2.73. The molecule has 7 heteroatoms. The second-order valence-corrected chi connectivity index (χ2v) is 7.43. The topological polar surface area (TPSA) is 67.4 Å². The van der Waals surface area contributed by atoms with E-state index in [-0.39, 0.29) is 30.5 Å². The zero-order valence-electron chi connectivity index (χ0n) is 16.8. The van der Waals surface area contributed by atoms with E-state index in [1.165, 1.54) is 19.3 Å². The summed E-state index contributed by atoms with van der Waals surface area (Å²) in [5.41, 5.74) is 0.667. The summed E-state index contributed by atoms with van der Waals surface area (Å²) >= 11 is 0. The minimum atomic E-state index is -0.938. The lowest BCUT2D eigenvalue weighted by molar-refractivity contribution is -0.121. The van der Waals surface area contributed by atoms with E-state index < -0.39 is 17.5 Å². The lowest BCUT2D eigenvalue weighted by Crippen LogP contribution is -2.31. The van der Waals surface area contributed by atoms with Gasteiger partial charge in [-0.1, -0.05) is 18.6 Å². The van der Waals surface area contributed by atoms with Crippen molar-refractivity contribution in [2.45, 2.75) is 51.2 Å². The summed E-state index contributed by atoms with van der Waals surface area (Å²) < 4.78 is 32.5. The number of hydrogen-bond donors (Lipinski definition) is 2. The maximum Gasteiger partial charge on any atom is 0.254 e. The van der Waals surface area contributed by atoms with E-state index in [4.69, 9.17) is 4.74 Å². The molecule has 1 fully saturated rings. The summed E-state index contributed by atoms with van der Waals surface area (Å²) in [6.45, 7) is 0.396. The molecular formula is C23H26F2N2O3. The highest BCUT2D eigenvalue weighted by Crippen LogP contribution is 2.23. The van der Waals surface area contributed by atoms with Crippen molar-refractivity contribution in [3.63, 3.8) is 0 Å². The Morgan fingerprint density at radius 2 is 1.80 bits per heavy atom. The number of benzene rings is 2. The van der Waals surface area contributed by atoms with Crippen LogP contribution in [0.4, 0.5) is 8.78 Å². The third-order valence-electron chi connectivity index (χ3n) is 5.06.